The first kappa shape index (κ1) is 12.6. The number of hydrogen-bond acceptors (Lipinski definition) is 4. The zero-order chi connectivity index (χ0) is 12.7. The minimum Gasteiger partial charge on any atom is -0.207 e. The van der Waals surface area contributed by atoms with E-state index in [2.05, 4.69) is 0 Å². The third kappa shape index (κ3) is 1.99. The molecule has 6 heteroatoms. The van der Waals surface area contributed by atoms with Gasteiger partial charge in [-0.1, -0.05) is 0 Å². The summed E-state index contributed by atoms with van der Waals surface area (Å²) < 4.78 is 26.5. The fourth-order valence-electron chi connectivity index (χ4n) is 2.23. The van der Waals surface area contributed by atoms with E-state index in [1.165, 1.54) is 21.7 Å². The largest absolute Gasteiger partial charge is 0.245 e. The van der Waals surface area contributed by atoms with Crippen molar-refractivity contribution in [1.82, 2.24) is 4.31 Å². The molecule has 92 valence electrons. The molecule has 1 aromatic rings. The molecule has 1 aliphatic heterocycles. The maximum atomic E-state index is 12.5. The van der Waals surface area contributed by atoms with Crippen LogP contribution in [-0.4, -0.2) is 24.8 Å². The highest BCUT2D eigenvalue weighted by molar-refractivity contribution is 7.89. The minimum atomic E-state index is -3.52. The zero-order valence-corrected chi connectivity index (χ0v) is 11.4. The van der Waals surface area contributed by atoms with Crippen LogP contribution in [-0.2, 0) is 10.0 Å². The van der Waals surface area contributed by atoms with Crippen LogP contribution in [0, 0.1) is 11.3 Å². The van der Waals surface area contributed by atoms with Crippen LogP contribution in [0.3, 0.4) is 0 Å². The average molecular weight is 270 g/mol. The fraction of sp³-hybridized carbons (Fsp3) is 0.545. The van der Waals surface area contributed by atoms with Crippen molar-refractivity contribution in [2.75, 3.05) is 6.54 Å². The molecule has 0 spiro atoms. The van der Waals surface area contributed by atoms with Crippen molar-refractivity contribution in [3.05, 3.63) is 16.3 Å². The van der Waals surface area contributed by atoms with Crippen LogP contribution in [0.2, 0.25) is 0 Å². The van der Waals surface area contributed by atoms with Crippen LogP contribution >= 0.6 is 11.3 Å². The van der Waals surface area contributed by atoms with Gasteiger partial charge >= 0.3 is 0 Å². The Balaban J connectivity index is 2.48. The van der Waals surface area contributed by atoms with Crippen molar-refractivity contribution in [2.24, 2.45) is 0 Å². The second-order valence-electron chi connectivity index (χ2n) is 4.72. The molecular weight excluding hydrogens is 256 g/mol. The molecule has 4 nitrogen and oxygen atoms in total. The van der Waals surface area contributed by atoms with E-state index in [0.29, 0.717) is 6.54 Å². The summed E-state index contributed by atoms with van der Waals surface area (Å²) in [4.78, 5) is 0.424. The van der Waals surface area contributed by atoms with E-state index in [0.717, 1.165) is 12.8 Å². The third-order valence-corrected chi connectivity index (χ3v) is 6.23. The van der Waals surface area contributed by atoms with Gasteiger partial charge in [0, 0.05) is 12.1 Å². The van der Waals surface area contributed by atoms with Crippen LogP contribution in [0.1, 0.15) is 31.6 Å². The second-order valence-corrected chi connectivity index (χ2v) is 7.47. The molecule has 0 bridgehead atoms. The van der Waals surface area contributed by atoms with Gasteiger partial charge in [-0.15, -0.1) is 11.3 Å². The van der Waals surface area contributed by atoms with E-state index in [1.54, 1.807) is 5.38 Å². The molecule has 2 rings (SSSR count). The first-order valence-electron chi connectivity index (χ1n) is 5.40. The highest BCUT2D eigenvalue weighted by Gasteiger charge is 2.41. The number of rotatable bonds is 2. The van der Waals surface area contributed by atoms with Crippen molar-refractivity contribution in [2.45, 2.75) is 37.1 Å². The summed E-state index contributed by atoms with van der Waals surface area (Å²) in [6, 6.07) is 3.47. The van der Waals surface area contributed by atoms with Gasteiger partial charge < -0.3 is 0 Å². The molecule has 0 saturated carbocycles. The Labute approximate surface area is 106 Å². The predicted octanol–water partition coefficient (Wildman–Crippen LogP) is 2.18. The summed E-state index contributed by atoms with van der Waals surface area (Å²) in [6.07, 6.45) is 1.73. The molecule has 0 atom stereocenters. The SMILES string of the molecule is CC1(C)CCCN1S(=O)(=O)c1ccsc1C#N. The Morgan fingerprint density at radius 2 is 2.24 bits per heavy atom. The first-order valence-corrected chi connectivity index (χ1v) is 7.72. The zero-order valence-electron chi connectivity index (χ0n) is 9.80. The fourth-order valence-corrected chi connectivity index (χ4v) is 5.22. The summed E-state index contributed by atoms with van der Waals surface area (Å²) in [6.45, 7) is 4.39. The summed E-state index contributed by atoms with van der Waals surface area (Å²) in [5, 5.41) is 10.6. The summed E-state index contributed by atoms with van der Waals surface area (Å²) in [5.41, 5.74) is -0.354. The van der Waals surface area contributed by atoms with E-state index >= 15 is 0 Å². The molecule has 1 fully saturated rings. The van der Waals surface area contributed by atoms with Crippen LogP contribution < -0.4 is 0 Å². The first-order chi connectivity index (χ1) is 7.89. The Morgan fingerprint density at radius 1 is 1.53 bits per heavy atom. The summed E-state index contributed by atoms with van der Waals surface area (Å²) in [5.74, 6) is 0. The predicted molar refractivity (Wildman–Crippen MR) is 66.2 cm³/mol. The quantitative estimate of drug-likeness (QED) is 0.827. The van der Waals surface area contributed by atoms with Crippen LogP contribution in [0.25, 0.3) is 0 Å². The van der Waals surface area contributed by atoms with Gasteiger partial charge in [0.25, 0.3) is 0 Å². The smallest absolute Gasteiger partial charge is 0.207 e. The highest BCUT2D eigenvalue weighted by Crippen LogP contribution is 2.35. The number of nitrogens with zero attached hydrogens (tertiary/aromatic N) is 2. The van der Waals surface area contributed by atoms with Crippen molar-refractivity contribution in [1.29, 1.82) is 5.26 Å². The van der Waals surface area contributed by atoms with Gasteiger partial charge in [0.2, 0.25) is 10.0 Å². The number of sulfonamides is 1. The van der Waals surface area contributed by atoms with Crippen LogP contribution in [0.15, 0.2) is 16.3 Å². The maximum absolute atomic E-state index is 12.5. The third-order valence-electron chi connectivity index (χ3n) is 3.12. The summed E-state index contributed by atoms with van der Waals surface area (Å²) in [7, 11) is -3.52. The van der Waals surface area contributed by atoms with Crippen LogP contribution in [0.5, 0.6) is 0 Å². The van der Waals surface area contributed by atoms with Gasteiger partial charge in [0.15, 0.2) is 0 Å². The van der Waals surface area contributed by atoms with Crippen LogP contribution in [0.4, 0.5) is 0 Å². The van der Waals surface area contributed by atoms with Crippen molar-refractivity contribution >= 4 is 21.4 Å². The van der Waals surface area contributed by atoms with Gasteiger partial charge in [-0.2, -0.15) is 9.57 Å². The molecular formula is C11H14N2O2S2. The van der Waals surface area contributed by atoms with E-state index < -0.39 is 10.0 Å². The lowest BCUT2D eigenvalue weighted by Crippen LogP contribution is -2.42. The van der Waals surface area contributed by atoms with Gasteiger partial charge in [0.1, 0.15) is 15.8 Å². The Morgan fingerprint density at radius 3 is 2.76 bits per heavy atom. The number of thiophene rings is 1. The number of hydrogen-bond donors (Lipinski definition) is 0. The molecule has 2 heterocycles. The molecule has 1 aliphatic rings. The molecule has 0 unspecified atom stereocenters. The minimum absolute atomic E-state index is 0.153. The van der Waals surface area contributed by atoms with Gasteiger partial charge in [-0.25, -0.2) is 8.42 Å². The van der Waals surface area contributed by atoms with Crippen molar-refractivity contribution < 1.29 is 8.42 Å². The van der Waals surface area contributed by atoms with Gasteiger partial charge in [0.05, 0.1) is 0 Å². The number of nitriles is 1. The van der Waals surface area contributed by atoms with E-state index in [1.807, 2.05) is 19.9 Å². The lowest BCUT2D eigenvalue weighted by molar-refractivity contribution is 0.292. The second kappa shape index (κ2) is 4.09. The average Bonchev–Trinajstić information content (AvgIpc) is 2.83. The molecule has 1 aromatic heterocycles. The standard InChI is InChI=1S/C11H14N2O2S2/c1-11(2)5-3-6-13(11)17(14,15)10-4-7-16-9(10)8-12/h4,7H,3,5-6H2,1-2H3. The maximum Gasteiger partial charge on any atom is 0.245 e. The molecule has 0 amide bonds. The Bertz CT molecular complexity index is 567. The normalized spacial score (nSPS) is 20.3. The van der Waals surface area contributed by atoms with E-state index in [-0.39, 0.29) is 15.3 Å². The summed E-state index contributed by atoms with van der Waals surface area (Å²) >= 11 is 1.17. The van der Waals surface area contributed by atoms with E-state index in [9.17, 15) is 8.42 Å². The molecule has 17 heavy (non-hydrogen) atoms. The molecule has 0 aromatic carbocycles. The molecule has 0 aliphatic carbocycles. The monoisotopic (exact) mass is 270 g/mol. The van der Waals surface area contributed by atoms with Crippen molar-refractivity contribution in [3.63, 3.8) is 0 Å². The lowest BCUT2D eigenvalue weighted by Gasteiger charge is -2.30. The van der Waals surface area contributed by atoms with Crippen molar-refractivity contribution in [3.8, 4) is 6.07 Å². The Hall–Kier alpha value is -0.900. The van der Waals surface area contributed by atoms with Gasteiger partial charge in [-0.3, -0.25) is 0 Å². The molecule has 0 radical (unpaired) electrons. The lowest BCUT2D eigenvalue weighted by atomic mass is 10.0. The highest BCUT2D eigenvalue weighted by atomic mass is 32.2. The molecule has 1 saturated heterocycles. The van der Waals surface area contributed by atoms with Gasteiger partial charge in [-0.05, 0) is 38.1 Å². The topological polar surface area (TPSA) is 61.2 Å². The molecule has 0 N–H and O–H groups in total. The van der Waals surface area contributed by atoms with E-state index in [4.69, 9.17) is 5.26 Å². The Kier molecular flexibility index (Phi) is 3.02.